The third-order valence-electron chi connectivity index (χ3n) is 4.97. The Kier molecular flexibility index (Phi) is 5.81. The zero-order valence-electron chi connectivity index (χ0n) is 17.2. The van der Waals surface area contributed by atoms with Gasteiger partial charge in [0.1, 0.15) is 11.9 Å². The van der Waals surface area contributed by atoms with Crippen molar-refractivity contribution >= 4 is 46.0 Å². The molecule has 0 unspecified atom stereocenters. The van der Waals surface area contributed by atoms with E-state index in [0.717, 1.165) is 23.4 Å². The molecule has 1 N–H and O–H groups in total. The first-order valence-corrected chi connectivity index (χ1v) is 10.8. The smallest absolute Gasteiger partial charge is 0.325 e. The number of amidine groups is 2. The van der Waals surface area contributed by atoms with Crippen LogP contribution in [0.2, 0.25) is 0 Å². The first kappa shape index (κ1) is 22.1. The zero-order valence-corrected chi connectivity index (χ0v) is 18.0. The molecule has 1 atom stereocenters. The fraction of sp³-hybridized carbons (Fsp3) is 0.273. The minimum atomic E-state index is -4.59. The molecule has 0 saturated carbocycles. The second kappa shape index (κ2) is 8.42. The molecule has 32 heavy (non-hydrogen) atoms. The Morgan fingerprint density at radius 3 is 2.56 bits per heavy atom. The highest BCUT2D eigenvalue weighted by molar-refractivity contribution is 8.14. The summed E-state index contributed by atoms with van der Waals surface area (Å²) in [4.78, 5) is 35.9. The predicted octanol–water partition coefficient (Wildman–Crippen LogP) is 4.69. The maximum absolute atomic E-state index is 13.2. The molecule has 0 aliphatic carbocycles. The molecule has 2 aromatic rings. The maximum Gasteiger partial charge on any atom is 0.418 e. The number of benzene rings is 2. The van der Waals surface area contributed by atoms with E-state index >= 15 is 0 Å². The summed E-state index contributed by atoms with van der Waals surface area (Å²) in [5.41, 5.74) is 0.0917. The van der Waals surface area contributed by atoms with Gasteiger partial charge in [0, 0.05) is 5.56 Å². The highest BCUT2D eigenvalue weighted by Gasteiger charge is 2.42. The second-order valence-electron chi connectivity index (χ2n) is 7.61. The number of fused-ring (bicyclic) bond motifs is 3. The van der Waals surface area contributed by atoms with Crippen LogP contribution in [0, 0.1) is 5.92 Å². The largest absolute Gasteiger partial charge is 0.418 e. The quantitative estimate of drug-likeness (QED) is 0.719. The van der Waals surface area contributed by atoms with Gasteiger partial charge in [0.25, 0.3) is 5.91 Å². The maximum atomic E-state index is 13.2. The van der Waals surface area contributed by atoms with Crippen molar-refractivity contribution in [3.05, 3.63) is 59.7 Å². The average molecular weight is 460 g/mol. The Morgan fingerprint density at radius 1 is 1.16 bits per heavy atom. The molecule has 0 spiro atoms. The molecule has 0 radical (unpaired) electrons. The van der Waals surface area contributed by atoms with Crippen molar-refractivity contribution < 1.29 is 22.8 Å². The number of halogens is 3. The van der Waals surface area contributed by atoms with E-state index in [0.29, 0.717) is 11.5 Å². The number of alkyl halides is 3. The van der Waals surface area contributed by atoms with Gasteiger partial charge in [-0.1, -0.05) is 49.9 Å². The van der Waals surface area contributed by atoms with Crippen LogP contribution in [-0.2, 0) is 15.8 Å². The monoisotopic (exact) mass is 460 g/mol. The van der Waals surface area contributed by atoms with E-state index in [-0.39, 0.29) is 28.4 Å². The number of carbonyl (C=O) groups excluding carboxylic acids is 2. The van der Waals surface area contributed by atoms with E-state index in [1.54, 1.807) is 12.1 Å². The van der Waals surface area contributed by atoms with Crippen LogP contribution in [0.5, 0.6) is 0 Å². The number of para-hydroxylation sites is 2. The van der Waals surface area contributed by atoms with Crippen molar-refractivity contribution in [1.82, 2.24) is 4.90 Å². The Morgan fingerprint density at radius 2 is 1.84 bits per heavy atom. The van der Waals surface area contributed by atoms with Gasteiger partial charge in [0.2, 0.25) is 5.91 Å². The Labute approximate surface area is 186 Å². The summed E-state index contributed by atoms with van der Waals surface area (Å²) in [6.45, 7) is 3.79. The number of anilines is 1. The summed E-state index contributed by atoms with van der Waals surface area (Å²) >= 11 is 0.977. The topological polar surface area (TPSA) is 74.1 Å². The van der Waals surface area contributed by atoms with Crippen LogP contribution >= 0.6 is 11.8 Å². The van der Waals surface area contributed by atoms with E-state index < -0.39 is 23.7 Å². The number of nitrogens with zero attached hydrogens (tertiary/aromatic N) is 3. The van der Waals surface area contributed by atoms with Crippen LogP contribution in [-0.4, -0.2) is 39.5 Å². The lowest BCUT2D eigenvalue weighted by atomic mass is 10.1. The molecule has 0 aromatic heterocycles. The highest BCUT2D eigenvalue weighted by atomic mass is 32.2. The number of amides is 2. The van der Waals surface area contributed by atoms with Gasteiger partial charge in [-0.15, -0.1) is 0 Å². The number of hydrogen-bond acceptors (Lipinski definition) is 5. The van der Waals surface area contributed by atoms with Gasteiger partial charge in [-0.05, 0) is 30.2 Å². The number of rotatable bonds is 4. The molecule has 4 rings (SSSR count). The molecule has 2 aliphatic heterocycles. The fourth-order valence-corrected chi connectivity index (χ4v) is 4.26. The molecular weight excluding hydrogens is 441 g/mol. The molecule has 166 valence electrons. The number of carbonyl (C=O) groups is 2. The molecule has 2 aromatic carbocycles. The van der Waals surface area contributed by atoms with Gasteiger partial charge in [0.15, 0.2) is 5.17 Å². The summed E-state index contributed by atoms with van der Waals surface area (Å²) < 4.78 is 39.5. The minimum Gasteiger partial charge on any atom is -0.325 e. The van der Waals surface area contributed by atoms with E-state index in [1.165, 1.54) is 23.1 Å². The highest BCUT2D eigenvalue weighted by Crippen LogP contribution is 2.36. The molecule has 0 fully saturated rings. The standard InChI is InChI=1S/C22H19F3N4O2S/c1-12(2)18-20(31)29-19(28-18)13-7-3-5-9-15(13)27-21(29)32-11-17(30)26-16-10-6-4-8-14(16)22(23,24)25/h3-10,12,18H,11H2,1-2H3,(H,26,30)/t18-/m1/s1. The van der Waals surface area contributed by atoms with Crippen LogP contribution in [0.3, 0.4) is 0 Å². The van der Waals surface area contributed by atoms with Crippen molar-refractivity contribution in [1.29, 1.82) is 0 Å². The summed E-state index contributed by atoms with van der Waals surface area (Å²) in [5.74, 6) is -0.653. The normalized spacial score (nSPS) is 17.6. The summed E-state index contributed by atoms with van der Waals surface area (Å²) in [5, 5.41) is 2.58. The lowest BCUT2D eigenvalue weighted by molar-refractivity contribution is -0.137. The van der Waals surface area contributed by atoms with E-state index in [9.17, 15) is 22.8 Å². The lowest BCUT2D eigenvalue weighted by Gasteiger charge is -2.25. The van der Waals surface area contributed by atoms with Crippen molar-refractivity contribution in [3.8, 4) is 0 Å². The Hall–Kier alpha value is -3.14. The molecule has 0 saturated heterocycles. The van der Waals surface area contributed by atoms with E-state index in [1.807, 2.05) is 26.0 Å². The van der Waals surface area contributed by atoms with E-state index in [2.05, 4.69) is 15.3 Å². The van der Waals surface area contributed by atoms with Crippen molar-refractivity contribution in [3.63, 3.8) is 0 Å². The van der Waals surface area contributed by atoms with Crippen LogP contribution in [0.25, 0.3) is 0 Å². The zero-order chi connectivity index (χ0) is 23.0. The number of aliphatic imine (C=N–C) groups is 2. The number of nitrogens with one attached hydrogen (secondary N) is 1. The van der Waals surface area contributed by atoms with Crippen LogP contribution in [0.4, 0.5) is 24.5 Å². The number of hydrogen-bond donors (Lipinski definition) is 1. The summed E-state index contributed by atoms with van der Waals surface area (Å²) in [6, 6.07) is 11.4. The molecule has 6 nitrogen and oxygen atoms in total. The van der Waals surface area contributed by atoms with Crippen molar-refractivity contribution in [2.45, 2.75) is 26.1 Å². The molecule has 10 heteroatoms. The first-order chi connectivity index (χ1) is 15.2. The van der Waals surface area contributed by atoms with Crippen LogP contribution < -0.4 is 5.32 Å². The lowest BCUT2D eigenvalue weighted by Crippen LogP contribution is -2.42. The average Bonchev–Trinajstić information content (AvgIpc) is 3.10. The van der Waals surface area contributed by atoms with E-state index in [4.69, 9.17) is 0 Å². The van der Waals surface area contributed by atoms with Gasteiger partial charge in [-0.25, -0.2) is 9.89 Å². The third-order valence-corrected chi connectivity index (χ3v) is 5.91. The van der Waals surface area contributed by atoms with Crippen molar-refractivity contribution in [2.75, 3.05) is 11.1 Å². The van der Waals surface area contributed by atoms with Gasteiger partial charge in [-0.2, -0.15) is 13.2 Å². The third kappa shape index (κ3) is 4.14. The van der Waals surface area contributed by atoms with Crippen LogP contribution in [0.1, 0.15) is 25.0 Å². The van der Waals surface area contributed by atoms with Gasteiger partial charge in [-0.3, -0.25) is 14.6 Å². The molecule has 0 bridgehead atoms. The molecular formula is C22H19F3N4O2S. The first-order valence-electron chi connectivity index (χ1n) is 9.85. The predicted molar refractivity (Wildman–Crippen MR) is 118 cm³/mol. The molecule has 2 amide bonds. The van der Waals surface area contributed by atoms with Gasteiger partial charge < -0.3 is 5.32 Å². The van der Waals surface area contributed by atoms with Gasteiger partial charge >= 0.3 is 6.18 Å². The number of thioether (sulfide) groups is 1. The fourth-order valence-electron chi connectivity index (χ4n) is 3.46. The van der Waals surface area contributed by atoms with Crippen LogP contribution in [0.15, 0.2) is 58.5 Å². The molecule has 2 heterocycles. The molecule has 2 aliphatic rings. The minimum absolute atomic E-state index is 0.0267. The SMILES string of the molecule is CC(C)[C@H]1N=C2c3ccccc3N=C(SCC(=O)Nc3ccccc3C(F)(F)F)N2C1=O. The summed E-state index contributed by atoms with van der Waals surface area (Å²) in [6.07, 6.45) is -4.59. The summed E-state index contributed by atoms with van der Waals surface area (Å²) in [7, 11) is 0. The van der Waals surface area contributed by atoms with Gasteiger partial charge in [0.05, 0.1) is 22.7 Å². The Bertz CT molecular complexity index is 1140. The Balaban J connectivity index is 1.55. The second-order valence-corrected chi connectivity index (χ2v) is 8.55. The van der Waals surface area contributed by atoms with Crippen molar-refractivity contribution in [2.24, 2.45) is 15.9 Å².